The van der Waals surface area contributed by atoms with Gasteiger partial charge in [-0.3, -0.25) is 0 Å². The Morgan fingerprint density at radius 2 is 1.68 bits per heavy atom. The molecule has 0 saturated heterocycles. The van der Waals surface area contributed by atoms with Gasteiger partial charge in [-0.05, 0) is 65.9 Å². The van der Waals surface area contributed by atoms with E-state index >= 15 is 0 Å². The van der Waals surface area contributed by atoms with Crippen molar-refractivity contribution < 1.29 is 19.0 Å². The molecule has 0 aliphatic carbocycles. The van der Waals surface area contributed by atoms with Gasteiger partial charge >= 0.3 is 6.03 Å². The van der Waals surface area contributed by atoms with E-state index in [1.54, 1.807) is 31.4 Å². The Balaban J connectivity index is 1.51. The van der Waals surface area contributed by atoms with E-state index in [0.29, 0.717) is 36.3 Å². The first-order valence-electron chi connectivity index (χ1n) is 11.2. The summed E-state index contributed by atoms with van der Waals surface area (Å²) >= 11 is 0. The van der Waals surface area contributed by atoms with Crippen molar-refractivity contribution >= 4 is 17.9 Å². The number of carbonyl (C=O) groups excluding carboxylic acids is 1. The van der Waals surface area contributed by atoms with Gasteiger partial charge in [0.1, 0.15) is 19.0 Å². The van der Waals surface area contributed by atoms with Gasteiger partial charge in [-0.2, -0.15) is 5.10 Å². The standard InChI is InChI=1S/C27H31N3O4/c1-19(2)23-12-10-20(3)16-25(23)34-15-14-33-24-13-11-21(17-26(24)32-4)18-28-30-27(31)29-22-8-6-5-7-9-22/h5-13,16-19H,14-15H2,1-4H3,(H2,29,30,31). The second kappa shape index (κ2) is 12.3. The number of ether oxygens (including phenoxy) is 3. The van der Waals surface area contributed by atoms with Gasteiger partial charge in [-0.1, -0.05) is 44.2 Å². The van der Waals surface area contributed by atoms with Gasteiger partial charge in [-0.15, -0.1) is 0 Å². The number of nitrogens with zero attached hydrogens (tertiary/aromatic N) is 1. The van der Waals surface area contributed by atoms with Crippen molar-refractivity contribution in [3.05, 3.63) is 83.4 Å². The zero-order valence-electron chi connectivity index (χ0n) is 20.0. The van der Waals surface area contributed by atoms with Gasteiger partial charge in [0, 0.05) is 5.69 Å². The molecule has 3 rings (SSSR count). The SMILES string of the molecule is COc1cc(C=NNC(=O)Nc2ccccc2)ccc1OCCOc1cc(C)ccc1C(C)C. The fourth-order valence-corrected chi connectivity index (χ4v) is 3.28. The van der Waals surface area contributed by atoms with E-state index in [1.807, 2.05) is 24.3 Å². The number of carbonyl (C=O) groups is 1. The van der Waals surface area contributed by atoms with Crippen molar-refractivity contribution in [2.75, 3.05) is 25.6 Å². The minimum atomic E-state index is -0.427. The monoisotopic (exact) mass is 461 g/mol. The van der Waals surface area contributed by atoms with E-state index in [2.05, 4.69) is 54.8 Å². The molecule has 3 aromatic rings. The quantitative estimate of drug-likeness (QED) is 0.229. The third-order valence-electron chi connectivity index (χ3n) is 4.99. The summed E-state index contributed by atoms with van der Waals surface area (Å²) in [4.78, 5) is 11.9. The van der Waals surface area contributed by atoms with E-state index in [0.717, 1.165) is 16.9 Å². The van der Waals surface area contributed by atoms with E-state index in [4.69, 9.17) is 14.2 Å². The number of para-hydroxylation sites is 1. The lowest BCUT2D eigenvalue weighted by Gasteiger charge is -2.16. The number of anilines is 1. The zero-order valence-corrected chi connectivity index (χ0v) is 20.0. The average Bonchev–Trinajstić information content (AvgIpc) is 2.82. The predicted octanol–water partition coefficient (Wildman–Crippen LogP) is 5.74. The van der Waals surface area contributed by atoms with Crippen molar-refractivity contribution in [2.24, 2.45) is 5.10 Å². The van der Waals surface area contributed by atoms with Gasteiger partial charge in [0.05, 0.1) is 13.3 Å². The van der Waals surface area contributed by atoms with Crippen molar-refractivity contribution in [2.45, 2.75) is 26.7 Å². The highest BCUT2D eigenvalue weighted by Crippen LogP contribution is 2.29. The van der Waals surface area contributed by atoms with Crippen LogP contribution in [0.2, 0.25) is 0 Å². The third-order valence-corrected chi connectivity index (χ3v) is 4.99. The Morgan fingerprint density at radius 3 is 2.38 bits per heavy atom. The van der Waals surface area contributed by atoms with Gasteiger partial charge in [0.2, 0.25) is 0 Å². The molecule has 7 heteroatoms. The summed E-state index contributed by atoms with van der Waals surface area (Å²) in [5.74, 6) is 2.44. The van der Waals surface area contributed by atoms with Crippen LogP contribution in [0, 0.1) is 6.92 Å². The number of benzene rings is 3. The molecule has 0 heterocycles. The van der Waals surface area contributed by atoms with Crippen LogP contribution in [0.5, 0.6) is 17.2 Å². The van der Waals surface area contributed by atoms with Gasteiger partial charge < -0.3 is 19.5 Å². The van der Waals surface area contributed by atoms with E-state index in [-0.39, 0.29) is 0 Å². The molecule has 0 radical (unpaired) electrons. The molecule has 0 aliphatic heterocycles. The molecule has 0 fully saturated rings. The molecule has 0 spiro atoms. The van der Waals surface area contributed by atoms with Crippen LogP contribution < -0.4 is 25.0 Å². The van der Waals surface area contributed by atoms with Crippen molar-refractivity contribution in [1.82, 2.24) is 5.43 Å². The van der Waals surface area contributed by atoms with Crippen molar-refractivity contribution in [1.29, 1.82) is 0 Å². The van der Waals surface area contributed by atoms with Crippen LogP contribution in [0.3, 0.4) is 0 Å². The topological polar surface area (TPSA) is 81.2 Å². The van der Waals surface area contributed by atoms with Gasteiger partial charge in [0.25, 0.3) is 0 Å². The number of nitrogens with one attached hydrogen (secondary N) is 2. The average molecular weight is 462 g/mol. The van der Waals surface area contributed by atoms with Crippen LogP contribution in [0.1, 0.15) is 36.5 Å². The molecular weight excluding hydrogens is 430 g/mol. The first kappa shape index (κ1) is 24.6. The molecule has 3 aromatic carbocycles. The van der Waals surface area contributed by atoms with Gasteiger partial charge in [-0.25, -0.2) is 10.2 Å². The number of methoxy groups -OCH3 is 1. The Hall–Kier alpha value is -4.00. The number of urea groups is 1. The normalized spacial score (nSPS) is 10.9. The Labute approximate surface area is 200 Å². The number of amides is 2. The summed E-state index contributed by atoms with van der Waals surface area (Å²) in [5, 5.41) is 6.67. The van der Waals surface area contributed by atoms with E-state index in [9.17, 15) is 4.79 Å². The molecule has 2 N–H and O–H groups in total. The fourth-order valence-electron chi connectivity index (χ4n) is 3.28. The summed E-state index contributed by atoms with van der Waals surface area (Å²) in [6.07, 6.45) is 1.53. The second-order valence-corrected chi connectivity index (χ2v) is 7.99. The van der Waals surface area contributed by atoms with Gasteiger partial charge in [0.15, 0.2) is 11.5 Å². The van der Waals surface area contributed by atoms with E-state index < -0.39 is 6.03 Å². The predicted molar refractivity (Wildman–Crippen MR) is 135 cm³/mol. The highest BCUT2D eigenvalue weighted by molar-refractivity contribution is 5.90. The molecule has 0 bridgehead atoms. The molecule has 0 aromatic heterocycles. The third kappa shape index (κ3) is 7.27. The molecule has 34 heavy (non-hydrogen) atoms. The highest BCUT2D eigenvalue weighted by Gasteiger charge is 2.09. The fraction of sp³-hybridized carbons (Fsp3) is 0.259. The molecule has 0 saturated carbocycles. The Kier molecular flexibility index (Phi) is 8.91. The van der Waals surface area contributed by atoms with Crippen LogP contribution >= 0.6 is 0 Å². The zero-order chi connectivity index (χ0) is 24.3. The van der Waals surface area contributed by atoms with Crippen LogP contribution in [-0.4, -0.2) is 32.6 Å². The number of hydrogen-bond acceptors (Lipinski definition) is 5. The number of hydrazone groups is 1. The summed E-state index contributed by atoms with van der Waals surface area (Å²) in [5.41, 5.74) is 6.21. The first-order chi connectivity index (χ1) is 16.5. The highest BCUT2D eigenvalue weighted by atomic mass is 16.5. The maximum atomic E-state index is 11.9. The maximum Gasteiger partial charge on any atom is 0.339 e. The molecule has 178 valence electrons. The first-order valence-corrected chi connectivity index (χ1v) is 11.2. The summed E-state index contributed by atoms with van der Waals surface area (Å²) in [6, 6.07) is 20.4. The summed E-state index contributed by atoms with van der Waals surface area (Å²) in [6.45, 7) is 7.13. The maximum absolute atomic E-state index is 11.9. The Morgan fingerprint density at radius 1 is 0.941 bits per heavy atom. The summed E-state index contributed by atoms with van der Waals surface area (Å²) < 4.78 is 17.3. The number of aryl methyl sites for hydroxylation is 1. The lowest BCUT2D eigenvalue weighted by atomic mass is 10.0. The molecular formula is C27H31N3O4. The van der Waals surface area contributed by atoms with Crippen molar-refractivity contribution in [3.63, 3.8) is 0 Å². The lowest BCUT2D eigenvalue weighted by Crippen LogP contribution is -2.24. The molecule has 0 unspecified atom stereocenters. The van der Waals surface area contributed by atoms with Crippen molar-refractivity contribution in [3.8, 4) is 17.2 Å². The van der Waals surface area contributed by atoms with Crippen LogP contribution in [0.15, 0.2) is 71.8 Å². The summed E-state index contributed by atoms with van der Waals surface area (Å²) in [7, 11) is 1.58. The minimum absolute atomic E-state index is 0.372. The van der Waals surface area contributed by atoms with Crippen LogP contribution in [0.4, 0.5) is 10.5 Å². The molecule has 7 nitrogen and oxygen atoms in total. The molecule has 2 amide bonds. The van der Waals surface area contributed by atoms with Crippen LogP contribution in [0.25, 0.3) is 0 Å². The Bertz CT molecular complexity index is 1110. The largest absolute Gasteiger partial charge is 0.493 e. The van der Waals surface area contributed by atoms with E-state index in [1.165, 1.54) is 11.8 Å². The lowest BCUT2D eigenvalue weighted by molar-refractivity contribution is 0.210. The number of hydrogen-bond donors (Lipinski definition) is 2. The molecule has 0 atom stereocenters. The number of rotatable bonds is 10. The van der Waals surface area contributed by atoms with Crippen LogP contribution in [-0.2, 0) is 0 Å². The minimum Gasteiger partial charge on any atom is -0.493 e. The molecule has 0 aliphatic rings. The second-order valence-electron chi connectivity index (χ2n) is 7.99. The smallest absolute Gasteiger partial charge is 0.339 e.